The van der Waals surface area contributed by atoms with Gasteiger partial charge in [-0.3, -0.25) is 0 Å². The molecule has 1 aromatic carbocycles. The molecule has 0 heterocycles. The highest BCUT2D eigenvalue weighted by molar-refractivity contribution is 5.28. The van der Waals surface area contributed by atoms with Crippen molar-refractivity contribution in [2.45, 2.75) is 46.1 Å². The molecular formula is C16H27NO. The average Bonchev–Trinajstić information content (AvgIpc) is 2.37. The van der Waals surface area contributed by atoms with Gasteiger partial charge in [0.15, 0.2) is 0 Å². The van der Waals surface area contributed by atoms with Crippen molar-refractivity contribution in [3.8, 4) is 0 Å². The van der Waals surface area contributed by atoms with Crippen LogP contribution in [-0.2, 0) is 12.0 Å². The second kappa shape index (κ2) is 6.91. The van der Waals surface area contributed by atoms with Gasteiger partial charge in [-0.05, 0) is 36.9 Å². The maximum absolute atomic E-state index is 9.66. The van der Waals surface area contributed by atoms with E-state index in [0.29, 0.717) is 5.92 Å². The minimum Gasteiger partial charge on any atom is -0.394 e. The van der Waals surface area contributed by atoms with Gasteiger partial charge in [-0.15, -0.1) is 0 Å². The van der Waals surface area contributed by atoms with Gasteiger partial charge in [-0.1, -0.05) is 51.5 Å². The number of hydrogen-bond donors (Lipinski definition) is 2. The molecule has 0 saturated heterocycles. The van der Waals surface area contributed by atoms with E-state index in [4.69, 9.17) is 0 Å². The topological polar surface area (TPSA) is 32.3 Å². The molecule has 18 heavy (non-hydrogen) atoms. The van der Waals surface area contributed by atoms with Gasteiger partial charge in [0.1, 0.15) is 0 Å². The van der Waals surface area contributed by atoms with Gasteiger partial charge in [-0.2, -0.15) is 0 Å². The van der Waals surface area contributed by atoms with E-state index in [1.54, 1.807) is 0 Å². The predicted octanol–water partition coefficient (Wildman–Crippen LogP) is 3.09. The van der Waals surface area contributed by atoms with Gasteiger partial charge < -0.3 is 10.4 Å². The summed E-state index contributed by atoms with van der Waals surface area (Å²) in [5.74, 6) is 0.579. The minimum atomic E-state index is -0.338. The third-order valence-electron chi connectivity index (χ3n) is 3.35. The van der Waals surface area contributed by atoms with Crippen molar-refractivity contribution in [3.05, 3.63) is 35.4 Å². The van der Waals surface area contributed by atoms with Crippen molar-refractivity contribution >= 4 is 0 Å². The molecule has 2 N–H and O–H groups in total. The first kappa shape index (κ1) is 15.2. The van der Waals surface area contributed by atoms with Crippen LogP contribution in [-0.4, -0.2) is 18.3 Å². The number of nitrogens with one attached hydrogen (secondary N) is 1. The van der Waals surface area contributed by atoms with E-state index in [1.807, 2.05) is 0 Å². The van der Waals surface area contributed by atoms with Gasteiger partial charge in [-0.25, -0.2) is 0 Å². The SMILES string of the molecule is CCCc1ccc(C(C)(CO)NCC(C)C)cc1. The second-order valence-corrected chi connectivity index (χ2v) is 5.71. The van der Waals surface area contributed by atoms with Crippen LogP contribution < -0.4 is 5.32 Å². The molecular weight excluding hydrogens is 222 g/mol. The van der Waals surface area contributed by atoms with E-state index in [1.165, 1.54) is 12.0 Å². The molecule has 0 saturated carbocycles. The standard InChI is InChI=1S/C16H27NO/c1-5-6-14-7-9-15(10-8-14)16(4,12-18)17-11-13(2)3/h7-10,13,17-18H,5-6,11-12H2,1-4H3. The summed E-state index contributed by atoms with van der Waals surface area (Å²) in [5, 5.41) is 13.1. The number of aliphatic hydroxyl groups excluding tert-OH is 1. The number of aryl methyl sites for hydroxylation is 1. The Balaban J connectivity index is 2.80. The first-order valence-corrected chi connectivity index (χ1v) is 6.97. The Morgan fingerprint density at radius 2 is 1.83 bits per heavy atom. The first-order chi connectivity index (χ1) is 8.51. The largest absolute Gasteiger partial charge is 0.394 e. The molecule has 0 spiro atoms. The molecule has 2 heteroatoms. The van der Waals surface area contributed by atoms with Gasteiger partial charge in [0.05, 0.1) is 12.1 Å². The van der Waals surface area contributed by atoms with Crippen LogP contribution in [0.2, 0.25) is 0 Å². The maximum atomic E-state index is 9.66. The summed E-state index contributed by atoms with van der Waals surface area (Å²) in [6.07, 6.45) is 2.29. The summed E-state index contributed by atoms with van der Waals surface area (Å²) in [4.78, 5) is 0. The lowest BCUT2D eigenvalue weighted by molar-refractivity contribution is 0.171. The molecule has 2 nitrogen and oxygen atoms in total. The van der Waals surface area contributed by atoms with Crippen molar-refractivity contribution in [1.29, 1.82) is 0 Å². The van der Waals surface area contributed by atoms with Crippen molar-refractivity contribution in [2.75, 3.05) is 13.2 Å². The molecule has 0 aromatic heterocycles. The number of hydrogen-bond acceptors (Lipinski definition) is 2. The third-order valence-corrected chi connectivity index (χ3v) is 3.35. The van der Waals surface area contributed by atoms with E-state index in [9.17, 15) is 5.11 Å². The Kier molecular flexibility index (Phi) is 5.83. The average molecular weight is 249 g/mol. The number of benzene rings is 1. The number of aliphatic hydroxyl groups is 1. The minimum absolute atomic E-state index is 0.118. The quantitative estimate of drug-likeness (QED) is 0.778. The van der Waals surface area contributed by atoms with Gasteiger partial charge in [0.25, 0.3) is 0 Å². The molecule has 102 valence electrons. The van der Waals surface area contributed by atoms with Crippen LogP contribution in [0.15, 0.2) is 24.3 Å². The van der Waals surface area contributed by atoms with Crippen molar-refractivity contribution in [3.63, 3.8) is 0 Å². The molecule has 1 atom stereocenters. The fourth-order valence-electron chi connectivity index (χ4n) is 2.01. The Labute approximate surface area is 111 Å². The molecule has 0 radical (unpaired) electrons. The van der Waals surface area contributed by atoms with Crippen molar-refractivity contribution in [2.24, 2.45) is 5.92 Å². The summed E-state index contributed by atoms with van der Waals surface area (Å²) < 4.78 is 0. The zero-order valence-electron chi connectivity index (χ0n) is 12.2. The highest BCUT2D eigenvalue weighted by Gasteiger charge is 2.25. The molecule has 1 unspecified atom stereocenters. The highest BCUT2D eigenvalue weighted by Crippen LogP contribution is 2.21. The second-order valence-electron chi connectivity index (χ2n) is 5.71. The van der Waals surface area contributed by atoms with Gasteiger partial charge in [0.2, 0.25) is 0 Å². The van der Waals surface area contributed by atoms with Crippen LogP contribution in [0.4, 0.5) is 0 Å². The molecule has 0 aliphatic rings. The van der Waals surface area contributed by atoms with Crippen LogP contribution in [0.5, 0.6) is 0 Å². The van der Waals surface area contributed by atoms with Crippen molar-refractivity contribution in [1.82, 2.24) is 5.32 Å². The van der Waals surface area contributed by atoms with Gasteiger partial charge >= 0.3 is 0 Å². The summed E-state index contributed by atoms with van der Waals surface area (Å²) in [5.41, 5.74) is 2.19. The van der Waals surface area contributed by atoms with Crippen LogP contribution >= 0.6 is 0 Å². The Morgan fingerprint density at radius 3 is 2.28 bits per heavy atom. The van der Waals surface area contributed by atoms with E-state index < -0.39 is 0 Å². The van der Waals surface area contributed by atoms with Crippen LogP contribution in [0, 0.1) is 5.92 Å². The van der Waals surface area contributed by atoms with E-state index in [0.717, 1.165) is 18.5 Å². The summed E-state index contributed by atoms with van der Waals surface area (Å²) in [7, 11) is 0. The Hall–Kier alpha value is -0.860. The first-order valence-electron chi connectivity index (χ1n) is 6.97. The van der Waals surface area contributed by atoms with E-state index in [2.05, 4.69) is 57.3 Å². The zero-order chi connectivity index (χ0) is 13.6. The van der Waals surface area contributed by atoms with Crippen LogP contribution in [0.3, 0.4) is 0 Å². The predicted molar refractivity (Wildman–Crippen MR) is 77.7 cm³/mol. The van der Waals surface area contributed by atoms with Crippen molar-refractivity contribution < 1.29 is 5.11 Å². The number of rotatable bonds is 7. The Bertz CT molecular complexity index is 345. The smallest absolute Gasteiger partial charge is 0.0652 e. The summed E-state index contributed by atoms with van der Waals surface area (Å²) in [6.45, 7) is 9.63. The molecule has 1 rings (SSSR count). The fraction of sp³-hybridized carbons (Fsp3) is 0.625. The zero-order valence-corrected chi connectivity index (χ0v) is 12.2. The lowest BCUT2D eigenvalue weighted by Crippen LogP contribution is -2.44. The summed E-state index contributed by atoms with van der Waals surface area (Å²) in [6, 6.07) is 8.61. The fourth-order valence-corrected chi connectivity index (χ4v) is 2.01. The Morgan fingerprint density at radius 1 is 1.22 bits per heavy atom. The molecule has 0 aliphatic heterocycles. The normalized spacial score (nSPS) is 14.8. The lowest BCUT2D eigenvalue weighted by Gasteiger charge is -2.30. The van der Waals surface area contributed by atoms with Gasteiger partial charge in [0, 0.05) is 0 Å². The molecule has 0 fully saturated rings. The summed E-state index contributed by atoms with van der Waals surface area (Å²) >= 11 is 0. The highest BCUT2D eigenvalue weighted by atomic mass is 16.3. The maximum Gasteiger partial charge on any atom is 0.0652 e. The molecule has 0 amide bonds. The molecule has 1 aromatic rings. The third kappa shape index (κ3) is 4.11. The monoisotopic (exact) mass is 249 g/mol. The van der Waals surface area contributed by atoms with Crippen LogP contribution in [0.1, 0.15) is 45.2 Å². The van der Waals surface area contributed by atoms with Crippen LogP contribution in [0.25, 0.3) is 0 Å². The van der Waals surface area contributed by atoms with E-state index >= 15 is 0 Å². The van der Waals surface area contributed by atoms with E-state index in [-0.39, 0.29) is 12.1 Å². The lowest BCUT2D eigenvalue weighted by atomic mass is 9.91. The molecule has 0 aliphatic carbocycles. The molecule has 0 bridgehead atoms.